The molecule has 0 radical (unpaired) electrons. The topological polar surface area (TPSA) is 59.8 Å². The van der Waals surface area contributed by atoms with Crippen molar-refractivity contribution in [3.63, 3.8) is 0 Å². The van der Waals surface area contributed by atoms with Crippen LogP contribution in [0.5, 0.6) is 0 Å². The summed E-state index contributed by atoms with van der Waals surface area (Å²) in [6, 6.07) is 12.9. The normalized spacial score (nSPS) is 20.1. The van der Waals surface area contributed by atoms with E-state index in [1.807, 2.05) is 36.4 Å². The molecule has 2 unspecified atom stereocenters. The van der Waals surface area contributed by atoms with Crippen LogP contribution in [-0.4, -0.2) is 35.7 Å². The molecule has 1 fully saturated rings. The van der Waals surface area contributed by atoms with Crippen molar-refractivity contribution >= 4 is 23.6 Å². The molecular formula is C18H19NO4S. The van der Waals surface area contributed by atoms with E-state index in [2.05, 4.69) is 0 Å². The predicted molar refractivity (Wildman–Crippen MR) is 91.3 cm³/mol. The molecule has 0 saturated carbocycles. The van der Waals surface area contributed by atoms with Crippen LogP contribution in [0.2, 0.25) is 0 Å². The first-order chi connectivity index (χ1) is 11.7. The number of carbonyl (C=O) groups excluding carboxylic acids is 2. The Bertz CT molecular complexity index is 686. The van der Waals surface area contributed by atoms with Gasteiger partial charge in [-0.1, -0.05) is 30.3 Å². The number of methoxy groups -OCH3 is 1. The number of nitrogens with zero attached hydrogens (tertiary/aromatic N) is 1. The van der Waals surface area contributed by atoms with Crippen molar-refractivity contribution in [2.24, 2.45) is 0 Å². The van der Waals surface area contributed by atoms with Gasteiger partial charge in [-0.15, -0.1) is 11.8 Å². The van der Waals surface area contributed by atoms with Crippen LogP contribution in [0.25, 0.3) is 0 Å². The number of benzene rings is 1. The van der Waals surface area contributed by atoms with Crippen LogP contribution in [0.15, 0.2) is 53.1 Å². The molecule has 6 heteroatoms. The zero-order chi connectivity index (χ0) is 16.9. The molecule has 1 aromatic carbocycles. The lowest BCUT2D eigenvalue weighted by molar-refractivity contribution is -0.152. The summed E-state index contributed by atoms with van der Waals surface area (Å²) in [4.78, 5) is 26.5. The Balaban J connectivity index is 1.76. The molecule has 1 saturated heterocycles. The summed E-state index contributed by atoms with van der Waals surface area (Å²) in [5.74, 6) is 0.736. The Hall–Kier alpha value is -2.21. The number of hydrogen-bond donors (Lipinski definition) is 0. The molecule has 24 heavy (non-hydrogen) atoms. The van der Waals surface area contributed by atoms with Gasteiger partial charge in [-0.3, -0.25) is 4.79 Å². The molecule has 2 atom stereocenters. The van der Waals surface area contributed by atoms with Crippen LogP contribution in [0.4, 0.5) is 0 Å². The van der Waals surface area contributed by atoms with E-state index in [-0.39, 0.29) is 17.3 Å². The molecule has 126 valence electrons. The van der Waals surface area contributed by atoms with Crippen molar-refractivity contribution in [3.05, 3.63) is 60.1 Å². The summed E-state index contributed by atoms with van der Waals surface area (Å²) in [6.07, 6.45) is 2.56. The first kappa shape index (κ1) is 16.6. The smallest absolute Gasteiger partial charge is 0.329 e. The van der Waals surface area contributed by atoms with Gasteiger partial charge in [0.15, 0.2) is 0 Å². The van der Waals surface area contributed by atoms with Crippen molar-refractivity contribution in [3.8, 4) is 0 Å². The highest BCUT2D eigenvalue weighted by Crippen LogP contribution is 2.42. The second-order valence-electron chi connectivity index (χ2n) is 5.53. The quantitative estimate of drug-likeness (QED) is 0.780. The van der Waals surface area contributed by atoms with Gasteiger partial charge in [0.1, 0.15) is 17.2 Å². The van der Waals surface area contributed by atoms with E-state index in [9.17, 15) is 9.59 Å². The van der Waals surface area contributed by atoms with Gasteiger partial charge >= 0.3 is 5.97 Å². The zero-order valence-corrected chi connectivity index (χ0v) is 14.2. The van der Waals surface area contributed by atoms with Crippen LogP contribution in [0.1, 0.15) is 23.1 Å². The minimum atomic E-state index is -0.571. The fourth-order valence-corrected chi connectivity index (χ4v) is 4.19. The van der Waals surface area contributed by atoms with Gasteiger partial charge in [0.05, 0.1) is 13.4 Å². The predicted octanol–water partition coefficient (Wildman–Crippen LogP) is 3.03. The van der Waals surface area contributed by atoms with E-state index in [0.29, 0.717) is 24.4 Å². The van der Waals surface area contributed by atoms with Crippen LogP contribution >= 0.6 is 11.8 Å². The number of amides is 1. The van der Waals surface area contributed by atoms with Gasteiger partial charge in [0, 0.05) is 12.2 Å². The first-order valence-electron chi connectivity index (χ1n) is 7.78. The Morgan fingerprint density at radius 1 is 1.25 bits per heavy atom. The Morgan fingerprint density at radius 3 is 2.71 bits per heavy atom. The van der Waals surface area contributed by atoms with Crippen molar-refractivity contribution in [2.45, 2.75) is 24.3 Å². The number of ether oxygens (including phenoxy) is 1. The highest BCUT2D eigenvalue weighted by atomic mass is 32.2. The maximum absolute atomic E-state index is 12.8. The molecule has 0 spiro atoms. The summed E-state index contributed by atoms with van der Waals surface area (Å²) in [5.41, 5.74) is 1.10. The molecule has 1 amide bonds. The molecule has 2 heterocycles. The largest absolute Gasteiger partial charge is 0.467 e. The van der Waals surface area contributed by atoms with Crippen LogP contribution in [0, 0.1) is 0 Å². The number of esters is 1. The van der Waals surface area contributed by atoms with Gasteiger partial charge in [-0.25, -0.2) is 4.79 Å². The second kappa shape index (κ2) is 7.57. The molecule has 0 aliphatic carbocycles. The van der Waals surface area contributed by atoms with Crippen molar-refractivity contribution in [2.75, 3.05) is 12.9 Å². The van der Waals surface area contributed by atoms with Crippen LogP contribution < -0.4 is 0 Å². The lowest BCUT2D eigenvalue weighted by Gasteiger charge is -2.27. The maximum atomic E-state index is 12.8. The average Bonchev–Trinajstić information content (AvgIpc) is 3.28. The third kappa shape index (κ3) is 3.48. The molecule has 1 aliphatic heterocycles. The monoisotopic (exact) mass is 345 g/mol. The number of furan rings is 1. The molecule has 2 aromatic rings. The fraction of sp³-hybridized carbons (Fsp3) is 0.333. The summed E-state index contributed by atoms with van der Waals surface area (Å²) >= 11 is 1.52. The average molecular weight is 345 g/mol. The van der Waals surface area contributed by atoms with Crippen molar-refractivity contribution < 1.29 is 18.7 Å². The number of carbonyl (C=O) groups is 2. The van der Waals surface area contributed by atoms with Gasteiger partial charge in [0.25, 0.3) is 0 Å². The maximum Gasteiger partial charge on any atom is 0.329 e. The van der Waals surface area contributed by atoms with Gasteiger partial charge in [-0.05, 0) is 24.1 Å². The zero-order valence-electron chi connectivity index (χ0n) is 13.4. The molecule has 0 bridgehead atoms. The summed E-state index contributed by atoms with van der Waals surface area (Å²) in [6.45, 7) is 0. The number of thioether (sulfide) groups is 1. The highest BCUT2D eigenvalue weighted by molar-refractivity contribution is 7.99. The lowest BCUT2D eigenvalue weighted by atomic mass is 10.1. The van der Waals surface area contributed by atoms with E-state index in [0.717, 1.165) is 5.56 Å². The minimum absolute atomic E-state index is 0.0688. The standard InChI is InChI=1S/C18H19NO4S/c1-22-18(21)14-12-24-17(15-8-5-11-23-15)19(14)16(20)10-9-13-6-3-2-4-7-13/h2-8,11,14,17H,9-10,12H2,1H3. The Kier molecular flexibility index (Phi) is 5.25. The van der Waals surface area contributed by atoms with Crippen LogP contribution in [0.3, 0.4) is 0 Å². The third-order valence-corrected chi connectivity index (χ3v) is 5.30. The molecule has 1 aromatic heterocycles. The number of rotatable bonds is 5. The summed E-state index contributed by atoms with van der Waals surface area (Å²) in [7, 11) is 1.35. The molecule has 0 N–H and O–H groups in total. The van der Waals surface area contributed by atoms with Gasteiger partial charge in [0.2, 0.25) is 5.91 Å². The molecule has 3 rings (SSSR count). The Morgan fingerprint density at radius 2 is 2.04 bits per heavy atom. The van der Waals surface area contributed by atoms with E-state index in [1.165, 1.54) is 18.9 Å². The van der Waals surface area contributed by atoms with Gasteiger partial charge < -0.3 is 14.1 Å². The SMILES string of the molecule is COC(=O)C1CSC(c2ccco2)N1C(=O)CCc1ccccc1. The van der Waals surface area contributed by atoms with Crippen molar-refractivity contribution in [1.82, 2.24) is 4.90 Å². The fourth-order valence-electron chi connectivity index (χ4n) is 2.80. The minimum Gasteiger partial charge on any atom is -0.467 e. The highest BCUT2D eigenvalue weighted by Gasteiger charge is 2.43. The summed E-state index contributed by atoms with van der Waals surface area (Å²) in [5, 5.41) is -0.285. The first-order valence-corrected chi connectivity index (χ1v) is 8.83. The van der Waals surface area contributed by atoms with Gasteiger partial charge in [-0.2, -0.15) is 0 Å². The van der Waals surface area contributed by atoms with E-state index in [1.54, 1.807) is 17.2 Å². The summed E-state index contributed by atoms with van der Waals surface area (Å²) < 4.78 is 10.3. The number of hydrogen-bond acceptors (Lipinski definition) is 5. The molecule has 1 aliphatic rings. The number of aryl methyl sites for hydroxylation is 1. The van der Waals surface area contributed by atoms with E-state index in [4.69, 9.17) is 9.15 Å². The molecule has 5 nitrogen and oxygen atoms in total. The molecular weight excluding hydrogens is 326 g/mol. The van der Waals surface area contributed by atoms with E-state index >= 15 is 0 Å². The lowest BCUT2D eigenvalue weighted by Crippen LogP contribution is -2.43. The Labute approximate surface area is 145 Å². The van der Waals surface area contributed by atoms with Crippen molar-refractivity contribution in [1.29, 1.82) is 0 Å². The third-order valence-electron chi connectivity index (χ3n) is 4.02. The second-order valence-corrected chi connectivity index (χ2v) is 6.64. The van der Waals surface area contributed by atoms with Crippen LogP contribution in [-0.2, 0) is 20.7 Å². The van der Waals surface area contributed by atoms with E-state index < -0.39 is 6.04 Å².